The van der Waals surface area contributed by atoms with E-state index in [4.69, 9.17) is 9.47 Å². The first kappa shape index (κ1) is 13.1. The molecule has 5 unspecified atom stereocenters. The summed E-state index contributed by atoms with van der Waals surface area (Å²) < 4.78 is 23.5. The van der Waals surface area contributed by atoms with Crippen LogP contribution in [0.15, 0.2) is 24.3 Å². The third kappa shape index (κ3) is 1.80. The highest BCUT2D eigenvalue weighted by Crippen LogP contribution is 2.61. The minimum atomic E-state index is -0.333. The summed E-state index contributed by atoms with van der Waals surface area (Å²) in [5.74, 6) is 1.50. The molecule has 5 atom stereocenters. The highest BCUT2D eigenvalue weighted by atomic mass is 19.1. The van der Waals surface area contributed by atoms with Crippen LogP contribution in [0, 0.1) is 17.8 Å². The van der Waals surface area contributed by atoms with Crippen LogP contribution in [-0.2, 0) is 9.53 Å². The van der Waals surface area contributed by atoms with Gasteiger partial charge in [0.05, 0.1) is 26.4 Å². The molecule has 2 heterocycles. The van der Waals surface area contributed by atoms with E-state index in [0.29, 0.717) is 18.9 Å². The Morgan fingerprint density at radius 3 is 2.81 bits per heavy atom. The quantitative estimate of drug-likeness (QED) is 0.853. The number of benzene rings is 1. The lowest BCUT2D eigenvalue weighted by molar-refractivity contribution is -0.137. The molecule has 0 bridgehead atoms. The fourth-order valence-corrected chi connectivity index (χ4v) is 4.07. The number of hydrogen-bond donors (Lipinski definition) is 0. The lowest BCUT2D eigenvalue weighted by Crippen LogP contribution is -2.36. The number of fused-ring (bicyclic) bond motifs is 3. The molecule has 0 spiro atoms. The Bertz CT molecular complexity index is 561. The second kappa shape index (κ2) is 4.70. The van der Waals surface area contributed by atoms with E-state index in [1.807, 2.05) is 29.2 Å². The number of amides is 1. The average molecular weight is 291 g/mol. The van der Waals surface area contributed by atoms with Crippen molar-refractivity contribution < 1.29 is 18.7 Å². The third-order valence-electron chi connectivity index (χ3n) is 5.09. The van der Waals surface area contributed by atoms with Crippen LogP contribution >= 0.6 is 0 Å². The molecule has 3 fully saturated rings. The molecule has 4 rings (SSSR count). The molecule has 0 N–H and O–H groups in total. The number of nitrogens with zero attached hydrogens (tertiary/aromatic N) is 1. The molecular weight excluding hydrogens is 273 g/mol. The first-order chi connectivity index (χ1) is 10.3. The van der Waals surface area contributed by atoms with Crippen LogP contribution in [0.5, 0.6) is 5.75 Å². The Balaban J connectivity index is 1.54. The Labute approximate surface area is 122 Å². The van der Waals surface area contributed by atoms with Gasteiger partial charge in [-0.3, -0.25) is 9.18 Å². The highest BCUT2D eigenvalue weighted by Gasteiger charge is 2.68. The molecule has 1 aliphatic carbocycles. The summed E-state index contributed by atoms with van der Waals surface area (Å²) in [4.78, 5) is 14.4. The molecule has 21 heavy (non-hydrogen) atoms. The summed E-state index contributed by atoms with van der Waals surface area (Å²) in [5, 5.41) is 0. The smallest absolute Gasteiger partial charge is 0.228 e. The monoisotopic (exact) mass is 291 g/mol. The van der Waals surface area contributed by atoms with E-state index in [1.54, 1.807) is 7.11 Å². The van der Waals surface area contributed by atoms with Crippen LogP contribution in [0.3, 0.4) is 0 Å². The van der Waals surface area contributed by atoms with Crippen LogP contribution in [0.4, 0.5) is 4.39 Å². The number of methoxy groups -OCH3 is 1. The van der Waals surface area contributed by atoms with E-state index < -0.39 is 0 Å². The molecule has 0 radical (unpaired) electrons. The van der Waals surface area contributed by atoms with Gasteiger partial charge in [-0.05, 0) is 30.4 Å². The van der Waals surface area contributed by atoms with Gasteiger partial charge in [0.25, 0.3) is 0 Å². The van der Waals surface area contributed by atoms with Gasteiger partial charge in [0, 0.05) is 11.5 Å². The number of carbonyl (C=O) groups is 1. The number of rotatable bonds is 4. The second-order valence-electron chi connectivity index (χ2n) is 6.02. The van der Waals surface area contributed by atoms with Gasteiger partial charge in [-0.1, -0.05) is 12.1 Å². The number of halogens is 1. The lowest BCUT2D eigenvalue weighted by atomic mass is 10.1. The van der Waals surface area contributed by atoms with Gasteiger partial charge in [0.1, 0.15) is 5.75 Å². The number of alkyl halides is 1. The minimum Gasteiger partial charge on any atom is -0.497 e. The van der Waals surface area contributed by atoms with Crippen molar-refractivity contribution in [2.24, 2.45) is 17.8 Å². The van der Waals surface area contributed by atoms with Crippen molar-refractivity contribution in [3.05, 3.63) is 29.8 Å². The lowest BCUT2D eigenvalue weighted by Gasteiger charge is -2.26. The van der Waals surface area contributed by atoms with E-state index in [-0.39, 0.29) is 36.7 Å². The van der Waals surface area contributed by atoms with Gasteiger partial charge in [-0.15, -0.1) is 0 Å². The van der Waals surface area contributed by atoms with Crippen molar-refractivity contribution in [3.8, 4) is 5.75 Å². The molecular formula is C16H18FNO3. The fourth-order valence-electron chi connectivity index (χ4n) is 4.07. The number of piperidine rings is 1. The van der Waals surface area contributed by atoms with Crippen molar-refractivity contribution in [2.45, 2.75) is 18.7 Å². The molecule has 2 aliphatic heterocycles. The maximum absolute atomic E-state index is 12.5. The van der Waals surface area contributed by atoms with Crippen LogP contribution in [0.2, 0.25) is 0 Å². The molecule has 1 amide bonds. The molecule has 1 aromatic carbocycles. The predicted octanol–water partition coefficient (Wildman–Crippen LogP) is 2.16. The van der Waals surface area contributed by atoms with E-state index in [9.17, 15) is 9.18 Å². The molecule has 3 aliphatic rings. The molecule has 1 aromatic rings. The SMILES string of the molecule is COc1ccc(C2OCC3C4C(CCF)C4C(=O)N23)cc1. The minimum absolute atomic E-state index is 0.0374. The van der Waals surface area contributed by atoms with Gasteiger partial charge < -0.3 is 14.4 Å². The fraction of sp³-hybridized carbons (Fsp3) is 0.562. The van der Waals surface area contributed by atoms with Crippen molar-refractivity contribution in [2.75, 3.05) is 20.4 Å². The summed E-state index contributed by atoms with van der Waals surface area (Å²) in [6.07, 6.45) is 0.214. The standard InChI is InChI=1S/C16H18FNO3/c1-20-10-4-2-9(3-5-10)16-18-12(8-21-16)13-11(6-7-17)14(13)15(18)19/h2-5,11-14,16H,6-8H2,1H3. The normalized spacial score (nSPS) is 36.6. The molecule has 112 valence electrons. The van der Waals surface area contributed by atoms with Gasteiger partial charge in [0.2, 0.25) is 5.91 Å². The summed E-state index contributed by atoms with van der Waals surface area (Å²) in [6.45, 7) is 0.229. The van der Waals surface area contributed by atoms with Crippen LogP contribution in [0.1, 0.15) is 18.2 Å². The van der Waals surface area contributed by atoms with Crippen LogP contribution < -0.4 is 4.74 Å². The van der Waals surface area contributed by atoms with Crippen molar-refractivity contribution in [3.63, 3.8) is 0 Å². The van der Waals surface area contributed by atoms with Crippen molar-refractivity contribution in [1.29, 1.82) is 0 Å². The van der Waals surface area contributed by atoms with Crippen molar-refractivity contribution in [1.82, 2.24) is 4.90 Å². The number of ether oxygens (including phenoxy) is 2. The molecule has 0 aromatic heterocycles. The van der Waals surface area contributed by atoms with Gasteiger partial charge in [0.15, 0.2) is 6.23 Å². The molecule has 2 saturated heterocycles. The maximum atomic E-state index is 12.5. The number of carbonyl (C=O) groups excluding carboxylic acids is 1. The zero-order valence-corrected chi connectivity index (χ0v) is 11.9. The highest BCUT2D eigenvalue weighted by molar-refractivity contribution is 5.86. The Kier molecular flexibility index (Phi) is 2.92. The van der Waals surface area contributed by atoms with E-state index in [2.05, 4.69) is 0 Å². The predicted molar refractivity (Wildman–Crippen MR) is 73.4 cm³/mol. The van der Waals surface area contributed by atoms with Crippen LogP contribution in [-0.4, -0.2) is 37.2 Å². The first-order valence-corrected chi connectivity index (χ1v) is 7.40. The third-order valence-corrected chi connectivity index (χ3v) is 5.09. The first-order valence-electron chi connectivity index (χ1n) is 7.40. The Morgan fingerprint density at radius 2 is 2.14 bits per heavy atom. The summed E-state index contributed by atoms with van der Waals surface area (Å²) in [5.41, 5.74) is 0.968. The van der Waals surface area contributed by atoms with E-state index >= 15 is 0 Å². The zero-order valence-electron chi connectivity index (χ0n) is 11.9. The summed E-state index contributed by atoms with van der Waals surface area (Å²) in [6, 6.07) is 7.74. The average Bonchev–Trinajstić information content (AvgIpc) is 2.91. The van der Waals surface area contributed by atoms with Gasteiger partial charge in [-0.25, -0.2) is 0 Å². The largest absolute Gasteiger partial charge is 0.497 e. The molecule has 5 heteroatoms. The number of hydrogen-bond acceptors (Lipinski definition) is 3. The van der Waals surface area contributed by atoms with E-state index in [1.165, 1.54) is 0 Å². The topological polar surface area (TPSA) is 38.8 Å². The second-order valence-corrected chi connectivity index (χ2v) is 6.02. The van der Waals surface area contributed by atoms with Gasteiger partial charge >= 0.3 is 0 Å². The molecule has 1 saturated carbocycles. The van der Waals surface area contributed by atoms with Crippen molar-refractivity contribution >= 4 is 5.91 Å². The summed E-state index contributed by atoms with van der Waals surface area (Å²) in [7, 11) is 1.62. The molecule has 4 nitrogen and oxygen atoms in total. The van der Waals surface area contributed by atoms with Crippen LogP contribution in [0.25, 0.3) is 0 Å². The van der Waals surface area contributed by atoms with Gasteiger partial charge in [-0.2, -0.15) is 0 Å². The van der Waals surface area contributed by atoms with E-state index in [0.717, 1.165) is 11.3 Å². The Morgan fingerprint density at radius 1 is 1.38 bits per heavy atom. The summed E-state index contributed by atoms with van der Waals surface area (Å²) >= 11 is 0. The Hall–Kier alpha value is -1.62. The maximum Gasteiger partial charge on any atom is 0.228 e. The zero-order chi connectivity index (χ0) is 14.6.